The Morgan fingerprint density at radius 3 is 2.62 bits per heavy atom. The van der Waals surface area contributed by atoms with E-state index in [1.165, 1.54) is 11.0 Å². The lowest BCUT2D eigenvalue weighted by atomic mass is 9.71. The number of methoxy groups -OCH3 is 1. The molecule has 1 aromatic rings. The average molecular weight is 174 g/mol. The lowest BCUT2D eigenvalue weighted by Crippen LogP contribution is -2.15. The first-order valence-corrected chi connectivity index (χ1v) is 4.52. The molecule has 0 aliphatic rings. The molecule has 0 fully saturated rings. The van der Waals surface area contributed by atoms with Crippen molar-refractivity contribution in [1.82, 2.24) is 0 Å². The summed E-state index contributed by atoms with van der Waals surface area (Å²) in [5, 5.41) is 0. The van der Waals surface area contributed by atoms with Crippen LogP contribution >= 0.6 is 0 Å². The van der Waals surface area contributed by atoms with Crippen molar-refractivity contribution in [3.63, 3.8) is 0 Å². The number of hydrogen-bond donors (Lipinski definition) is 0. The molecule has 13 heavy (non-hydrogen) atoms. The highest BCUT2D eigenvalue weighted by Gasteiger charge is 2.06. The number of ether oxygens (including phenoxy) is 1. The molecule has 68 valence electrons. The standard InChI is InChI=1S/C11H15BO/c1-5-9-6-8(2)7-10(12-3)11(9)13-4/h5-7,12H,1H2,2-4H3. The van der Waals surface area contributed by atoms with E-state index in [4.69, 9.17) is 4.74 Å². The van der Waals surface area contributed by atoms with Gasteiger partial charge in [0.25, 0.3) is 0 Å². The maximum absolute atomic E-state index is 5.34. The minimum Gasteiger partial charge on any atom is -0.497 e. The van der Waals surface area contributed by atoms with Gasteiger partial charge in [0, 0.05) is 5.56 Å². The van der Waals surface area contributed by atoms with Gasteiger partial charge in [0.05, 0.1) is 7.11 Å². The quantitative estimate of drug-likeness (QED) is 0.634. The molecule has 1 rings (SSSR count). The van der Waals surface area contributed by atoms with Crippen molar-refractivity contribution in [1.29, 1.82) is 0 Å². The second kappa shape index (κ2) is 4.17. The molecular formula is C11H15BO. The maximum atomic E-state index is 5.34. The Balaban J connectivity index is 3.33. The van der Waals surface area contributed by atoms with Crippen LogP contribution < -0.4 is 10.2 Å². The second-order valence-corrected chi connectivity index (χ2v) is 3.10. The smallest absolute Gasteiger partial charge is 0.159 e. The summed E-state index contributed by atoms with van der Waals surface area (Å²) in [5.74, 6) is 0.961. The predicted molar refractivity (Wildman–Crippen MR) is 60.5 cm³/mol. The molecule has 0 amide bonds. The van der Waals surface area contributed by atoms with E-state index < -0.39 is 0 Å². The summed E-state index contributed by atoms with van der Waals surface area (Å²) in [4.78, 5) is 0. The van der Waals surface area contributed by atoms with E-state index in [1.54, 1.807) is 7.11 Å². The van der Waals surface area contributed by atoms with Gasteiger partial charge < -0.3 is 4.74 Å². The lowest BCUT2D eigenvalue weighted by Gasteiger charge is -2.11. The van der Waals surface area contributed by atoms with E-state index in [0.717, 1.165) is 18.6 Å². The fourth-order valence-electron chi connectivity index (χ4n) is 1.54. The van der Waals surface area contributed by atoms with Gasteiger partial charge in [0.1, 0.15) is 5.75 Å². The van der Waals surface area contributed by atoms with Crippen LogP contribution in [0.15, 0.2) is 18.7 Å². The monoisotopic (exact) mass is 174 g/mol. The van der Waals surface area contributed by atoms with Crippen molar-refractivity contribution in [2.75, 3.05) is 7.11 Å². The van der Waals surface area contributed by atoms with Crippen LogP contribution in [-0.4, -0.2) is 14.4 Å². The van der Waals surface area contributed by atoms with Crippen LogP contribution in [0.1, 0.15) is 11.1 Å². The van der Waals surface area contributed by atoms with E-state index in [0.29, 0.717) is 0 Å². The average Bonchev–Trinajstić information content (AvgIpc) is 2.16. The lowest BCUT2D eigenvalue weighted by molar-refractivity contribution is 0.417. The summed E-state index contributed by atoms with van der Waals surface area (Å²) >= 11 is 0. The van der Waals surface area contributed by atoms with Crippen molar-refractivity contribution in [3.8, 4) is 5.75 Å². The Kier molecular flexibility index (Phi) is 3.18. The summed E-state index contributed by atoms with van der Waals surface area (Å²) in [6.45, 7) is 7.99. The Bertz CT molecular complexity index is 318. The van der Waals surface area contributed by atoms with Crippen molar-refractivity contribution >= 4 is 18.8 Å². The Morgan fingerprint density at radius 2 is 2.15 bits per heavy atom. The first-order chi connectivity index (χ1) is 6.22. The van der Waals surface area contributed by atoms with Crippen LogP contribution in [0, 0.1) is 6.92 Å². The zero-order valence-electron chi connectivity index (χ0n) is 8.55. The van der Waals surface area contributed by atoms with E-state index in [9.17, 15) is 0 Å². The number of rotatable bonds is 3. The van der Waals surface area contributed by atoms with E-state index in [1.807, 2.05) is 6.08 Å². The molecule has 0 saturated carbocycles. The largest absolute Gasteiger partial charge is 0.497 e. The molecule has 0 unspecified atom stereocenters. The van der Waals surface area contributed by atoms with Crippen molar-refractivity contribution in [2.45, 2.75) is 13.7 Å². The fraction of sp³-hybridized carbons (Fsp3) is 0.273. The highest BCUT2D eigenvalue weighted by atomic mass is 16.5. The van der Waals surface area contributed by atoms with Crippen molar-refractivity contribution in [2.24, 2.45) is 0 Å². The summed E-state index contributed by atoms with van der Waals surface area (Å²) in [5.41, 5.74) is 3.59. The Morgan fingerprint density at radius 1 is 1.46 bits per heavy atom. The van der Waals surface area contributed by atoms with Gasteiger partial charge in [-0.2, -0.15) is 0 Å². The van der Waals surface area contributed by atoms with E-state index in [2.05, 4.69) is 32.5 Å². The Labute approximate surface area is 80.7 Å². The SMILES string of the molecule is C=Cc1cc(C)cc(BC)c1OC. The minimum atomic E-state index is 0.961. The van der Waals surface area contributed by atoms with Crippen LogP contribution in [0.4, 0.5) is 0 Å². The van der Waals surface area contributed by atoms with Gasteiger partial charge in [0.2, 0.25) is 0 Å². The molecule has 0 bridgehead atoms. The molecule has 1 aromatic carbocycles. The van der Waals surface area contributed by atoms with Gasteiger partial charge in [-0.15, -0.1) is 0 Å². The van der Waals surface area contributed by atoms with Crippen LogP contribution in [0.25, 0.3) is 6.08 Å². The summed E-state index contributed by atoms with van der Waals surface area (Å²) in [7, 11) is 2.70. The van der Waals surface area contributed by atoms with Crippen molar-refractivity contribution in [3.05, 3.63) is 29.8 Å². The third-order valence-corrected chi connectivity index (χ3v) is 2.14. The first kappa shape index (κ1) is 9.91. The van der Waals surface area contributed by atoms with E-state index >= 15 is 0 Å². The minimum absolute atomic E-state index is 0.961. The van der Waals surface area contributed by atoms with Gasteiger partial charge in [-0.25, -0.2) is 0 Å². The molecule has 0 aliphatic carbocycles. The molecular weight excluding hydrogens is 159 g/mol. The Hall–Kier alpha value is -1.18. The highest BCUT2D eigenvalue weighted by molar-refractivity contribution is 6.53. The van der Waals surface area contributed by atoms with E-state index in [-0.39, 0.29) is 0 Å². The molecule has 0 aromatic heterocycles. The predicted octanol–water partition coefficient (Wildman–Crippen LogP) is 1.76. The van der Waals surface area contributed by atoms with Gasteiger partial charge >= 0.3 is 0 Å². The summed E-state index contributed by atoms with van der Waals surface area (Å²) in [6, 6.07) is 4.25. The first-order valence-electron chi connectivity index (χ1n) is 4.52. The van der Waals surface area contributed by atoms with Crippen LogP contribution in [0.3, 0.4) is 0 Å². The maximum Gasteiger partial charge on any atom is 0.159 e. The fourth-order valence-corrected chi connectivity index (χ4v) is 1.54. The molecule has 0 heterocycles. The molecule has 0 spiro atoms. The molecule has 0 atom stereocenters. The number of hydrogen-bond acceptors (Lipinski definition) is 1. The topological polar surface area (TPSA) is 9.23 Å². The zero-order valence-corrected chi connectivity index (χ0v) is 8.55. The molecule has 2 heteroatoms. The van der Waals surface area contributed by atoms with Crippen molar-refractivity contribution < 1.29 is 4.74 Å². The van der Waals surface area contributed by atoms with Crippen LogP contribution in [0.5, 0.6) is 5.75 Å². The van der Waals surface area contributed by atoms with Gasteiger partial charge in [-0.05, 0) is 18.5 Å². The molecule has 0 saturated heterocycles. The summed E-state index contributed by atoms with van der Waals surface area (Å²) < 4.78 is 5.34. The normalized spacial score (nSPS) is 9.46. The molecule has 0 aliphatic heterocycles. The molecule has 0 radical (unpaired) electrons. The second-order valence-electron chi connectivity index (χ2n) is 3.10. The third kappa shape index (κ3) is 1.94. The summed E-state index contributed by atoms with van der Waals surface area (Å²) in [6.07, 6.45) is 1.84. The zero-order chi connectivity index (χ0) is 9.84. The highest BCUT2D eigenvalue weighted by Crippen LogP contribution is 2.18. The van der Waals surface area contributed by atoms with Gasteiger partial charge in [0.15, 0.2) is 7.28 Å². The molecule has 1 nitrogen and oxygen atoms in total. The van der Waals surface area contributed by atoms with Gasteiger partial charge in [-0.1, -0.05) is 31.1 Å². The number of aryl methyl sites for hydroxylation is 1. The van der Waals surface area contributed by atoms with Gasteiger partial charge in [-0.3, -0.25) is 0 Å². The third-order valence-electron chi connectivity index (χ3n) is 2.14. The number of benzene rings is 1. The molecule has 0 N–H and O–H groups in total. The van der Waals surface area contributed by atoms with Crippen LogP contribution in [-0.2, 0) is 0 Å². The van der Waals surface area contributed by atoms with Crippen LogP contribution in [0.2, 0.25) is 6.82 Å².